The topological polar surface area (TPSA) is 105 Å². The van der Waals surface area contributed by atoms with Crippen molar-refractivity contribution < 1.29 is 23.4 Å². The maximum absolute atomic E-state index is 13.7. The zero-order valence-corrected chi connectivity index (χ0v) is 14.3. The molecule has 0 saturated heterocycles. The predicted octanol–water partition coefficient (Wildman–Crippen LogP) is 3.07. The van der Waals surface area contributed by atoms with E-state index >= 15 is 0 Å². The molecule has 1 aromatic carbocycles. The van der Waals surface area contributed by atoms with E-state index in [2.05, 4.69) is 9.98 Å². The van der Waals surface area contributed by atoms with Gasteiger partial charge in [0.25, 0.3) is 11.5 Å². The van der Waals surface area contributed by atoms with Crippen LogP contribution in [0.5, 0.6) is 5.95 Å². The van der Waals surface area contributed by atoms with Crippen molar-refractivity contribution in [2.45, 2.75) is 6.92 Å². The van der Waals surface area contributed by atoms with Gasteiger partial charge in [-0.05, 0) is 37.3 Å². The highest BCUT2D eigenvalue weighted by Gasteiger charge is 2.28. The molecule has 7 nitrogen and oxygen atoms in total. The Labute approximate surface area is 151 Å². The summed E-state index contributed by atoms with van der Waals surface area (Å²) in [5.41, 5.74) is 1.08. The Morgan fingerprint density at radius 2 is 2.15 bits per heavy atom. The van der Waals surface area contributed by atoms with Crippen molar-refractivity contribution in [3.05, 3.63) is 57.5 Å². The number of carbonyl (C=O) groups is 1. The van der Waals surface area contributed by atoms with Crippen molar-refractivity contribution in [1.29, 1.82) is 0 Å². The quantitative estimate of drug-likeness (QED) is 0.677. The normalized spacial score (nSPS) is 14.5. The van der Waals surface area contributed by atoms with E-state index in [1.165, 1.54) is 31.4 Å². The Morgan fingerprint density at radius 3 is 2.89 bits per heavy atom. The van der Waals surface area contributed by atoms with Crippen LogP contribution in [0.1, 0.15) is 17.0 Å². The van der Waals surface area contributed by atoms with Gasteiger partial charge in [-0.15, -0.1) is 0 Å². The third kappa shape index (κ3) is 2.62. The average Bonchev–Trinajstić information content (AvgIpc) is 3.12. The number of H-pyrrole nitrogens is 1. The van der Waals surface area contributed by atoms with Crippen LogP contribution in [0.15, 0.2) is 38.5 Å². The first-order chi connectivity index (χ1) is 12.9. The number of aromatic nitrogens is 1. The van der Waals surface area contributed by atoms with E-state index in [-0.39, 0.29) is 22.4 Å². The van der Waals surface area contributed by atoms with Gasteiger partial charge in [0.05, 0.1) is 12.8 Å². The Balaban J connectivity index is 1.99. The molecule has 0 fully saturated rings. The summed E-state index contributed by atoms with van der Waals surface area (Å²) in [6, 6.07) is 5.55. The molecule has 3 aromatic rings. The van der Waals surface area contributed by atoms with Crippen molar-refractivity contribution in [2.24, 2.45) is 4.99 Å². The SMILES string of the molecule is COC(=O)C1=Nc2ccc(F)cc2/C1=C/c1oc(O)c2c(=O)[nH]c(C)cc12. The van der Waals surface area contributed by atoms with E-state index in [1.54, 1.807) is 13.0 Å². The van der Waals surface area contributed by atoms with Crippen LogP contribution in [0.25, 0.3) is 22.4 Å². The van der Waals surface area contributed by atoms with Crippen LogP contribution >= 0.6 is 0 Å². The van der Waals surface area contributed by atoms with Gasteiger partial charge in [-0.2, -0.15) is 0 Å². The molecule has 136 valence electrons. The van der Waals surface area contributed by atoms with E-state index in [0.29, 0.717) is 22.3 Å². The van der Waals surface area contributed by atoms with Crippen molar-refractivity contribution in [1.82, 2.24) is 4.98 Å². The molecular weight excluding hydrogens is 355 g/mol. The number of ether oxygens (including phenoxy) is 1. The highest BCUT2D eigenvalue weighted by atomic mass is 19.1. The van der Waals surface area contributed by atoms with Gasteiger partial charge < -0.3 is 19.2 Å². The zero-order chi connectivity index (χ0) is 19.3. The minimum absolute atomic E-state index is 0.0125. The monoisotopic (exact) mass is 368 g/mol. The molecule has 3 heterocycles. The summed E-state index contributed by atoms with van der Waals surface area (Å²) in [5.74, 6) is -1.61. The first kappa shape index (κ1) is 16.8. The number of furan rings is 1. The van der Waals surface area contributed by atoms with Crippen LogP contribution in [0.3, 0.4) is 0 Å². The number of aromatic amines is 1. The summed E-state index contributed by atoms with van der Waals surface area (Å²) < 4.78 is 23.8. The number of benzene rings is 1. The molecule has 0 aliphatic carbocycles. The van der Waals surface area contributed by atoms with Gasteiger partial charge in [-0.25, -0.2) is 14.2 Å². The summed E-state index contributed by atoms with van der Waals surface area (Å²) in [7, 11) is 1.21. The molecule has 27 heavy (non-hydrogen) atoms. The minimum Gasteiger partial charge on any atom is -0.480 e. The molecular formula is C19H13FN2O5. The number of hydrogen-bond acceptors (Lipinski definition) is 6. The van der Waals surface area contributed by atoms with E-state index < -0.39 is 23.3 Å². The summed E-state index contributed by atoms with van der Waals surface area (Å²) >= 11 is 0. The number of nitrogens with one attached hydrogen (secondary N) is 1. The van der Waals surface area contributed by atoms with Gasteiger partial charge in [0.2, 0.25) is 0 Å². The van der Waals surface area contributed by atoms with Crippen molar-refractivity contribution in [3.63, 3.8) is 0 Å². The van der Waals surface area contributed by atoms with E-state index in [1.807, 2.05) is 0 Å². The van der Waals surface area contributed by atoms with Gasteiger partial charge in [-0.3, -0.25) is 4.79 Å². The lowest BCUT2D eigenvalue weighted by Gasteiger charge is -2.03. The lowest BCUT2D eigenvalue weighted by molar-refractivity contribution is -0.132. The van der Waals surface area contributed by atoms with Crippen molar-refractivity contribution in [3.8, 4) is 5.95 Å². The number of esters is 1. The standard InChI is InChI=1S/C19H13FN2O5/c1-8-5-12-14(27-18(24)15(12)17(23)21-8)7-11-10-6-9(20)3-4-13(10)22-16(11)19(25)26-2/h3-7,24H,1-2H3,(H,21,23)/b11-7-. The molecule has 0 atom stereocenters. The molecule has 0 bridgehead atoms. The highest BCUT2D eigenvalue weighted by molar-refractivity contribution is 6.58. The highest BCUT2D eigenvalue weighted by Crippen LogP contribution is 2.39. The number of aliphatic imine (C=N–C) groups is 1. The Morgan fingerprint density at radius 1 is 1.37 bits per heavy atom. The van der Waals surface area contributed by atoms with Gasteiger partial charge in [-0.1, -0.05) is 0 Å². The van der Waals surface area contributed by atoms with Gasteiger partial charge in [0.1, 0.15) is 17.0 Å². The second kappa shape index (κ2) is 5.94. The average molecular weight is 368 g/mol. The number of fused-ring (bicyclic) bond motifs is 2. The fourth-order valence-electron chi connectivity index (χ4n) is 3.07. The number of hydrogen-bond donors (Lipinski definition) is 2. The summed E-state index contributed by atoms with van der Waals surface area (Å²) in [6.07, 6.45) is 1.43. The molecule has 0 saturated carbocycles. The van der Waals surface area contributed by atoms with Crippen LogP contribution in [-0.4, -0.2) is 28.9 Å². The number of aromatic hydroxyl groups is 1. The second-order valence-electron chi connectivity index (χ2n) is 6.01. The Hall–Kier alpha value is -3.68. The largest absolute Gasteiger partial charge is 0.480 e. The summed E-state index contributed by atoms with van der Waals surface area (Å²) in [6.45, 7) is 1.68. The third-order valence-electron chi connectivity index (χ3n) is 4.24. The smallest absolute Gasteiger partial charge is 0.357 e. The lowest BCUT2D eigenvalue weighted by atomic mass is 10.0. The Kier molecular flexibility index (Phi) is 3.69. The number of pyridine rings is 1. The zero-order valence-electron chi connectivity index (χ0n) is 14.3. The minimum atomic E-state index is -0.702. The van der Waals surface area contributed by atoms with Gasteiger partial charge >= 0.3 is 5.97 Å². The Bertz CT molecular complexity index is 1230. The number of nitrogens with zero attached hydrogens (tertiary/aromatic N) is 1. The molecule has 1 aliphatic heterocycles. The number of aryl methyl sites for hydroxylation is 1. The van der Waals surface area contributed by atoms with Crippen molar-refractivity contribution in [2.75, 3.05) is 7.11 Å². The van der Waals surface area contributed by atoms with Gasteiger partial charge in [0, 0.05) is 22.2 Å². The first-order valence-corrected chi connectivity index (χ1v) is 7.93. The van der Waals surface area contributed by atoms with Gasteiger partial charge in [0.15, 0.2) is 5.71 Å². The molecule has 0 amide bonds. The van der Waals surface area contributed by atoms with E-state index in [9.17, 15) is 19.1 Å². The lowest BCUT2D eigenvalue weighted by Crippen LogP contribution is -2.14. The first-order valence-electron chi connectivity index (χ1n) is 7.93. The number of carbonyl (C=O) groups excluding carboxylic acids is 1. The van der Waals surface area contributed by atoms with Crippen molar-refractivity contribution >= 4 is 39.8 Å². The number of methoxy groups -OCH3 is 1. The maximum Gasteiger partial charge on any atom is 0.357 e. The predicted molar refractivity (Wildman–Crippen MR) is 96.6 cm³/mol. The molecule has 1 aliphatic rings. The van der Waals surface area contributed by atoms with E-state index in [4.69, 9.17) is 9.15 Å². The summed E-state index contributed by atoms with van der Waals surface area (Å²) in [5, 5.41) is 10.3. The van der Waals surface area contributed by atoms with Crippen LogP contribution in [0, 0.1) is 12.7 Å². The van der Waals surface area contributed by atoms with Crippen LogP contribution in [-0.2, 0) is 9.53 Å². The maximum atomic E-state index is 13.7. The molecule has 2 aromatic heterocycles. The molecule has 4 rings (SSSR count). The molecule has 8 heteroatoms. The number of halogens is 1. The molecule has 0 spiro atoms. The summed E-state index contributed by atoms with van der Waals surface area (Å²) in [4.78, 5) is 31.0. The number of rotatable bonds is 2. The van der Waals surface area contributed by atoms with E-state index in [0.717, 1.165) is 0 Å². The molecule has 0 radical (unpaired) electrons. The van der Waals surface area contributed by atoms with Crippen LogP contribution in [0.4, 0.5) is 10.1 Å². The molecule has 2 N–H and O–H groups in total. The second-order valence-corrected chi connectivity index (χ2v) is 6.01. The van der Waals surface area contributed by atoms with Crippen LogP contribution < -0.4 is 5.56 Å². The fourth-order valence-corrected chi connectivity index (χ4v) is 3.07. The molecule has 0 unspecified atom stereocenters. The van der Waals surface area contributed by atoms with Crippen LogP contribution in [0.2, 0.25) is 0 Å². The fraction of sp³-hybridized carbons (Fsp3) is 0.105. The third-order valence-corrected chi connectivity index (χ3v) is 4.24.